The molecule has 3 N–H and O–H groups in total. The molecule has 5 heteroatoms. The predicted octanol–water partition coefficient (Wildman–Crippen LogP) is 4.40. The van der Waals surface area contributed by atoms with Crippen LogP contribution in [0.5, 0.6) is 5.75 Å². The summed E-state index contributed by atoms with van der Waals surface area (Å²) in [6, 6.07) is 6.80. The Kier molecular flexibility index (Phi) is 5.08. The number of nitrogens with one attached hydrogen (secondary N) is 1. The van der Waals surface area contributed by atoms with Gasteiger partial charge < -0.3 is 15.2 Å². The van der Waals surface area contributed by atoms with Crippen molar-refractivity contribution in [3.8, 4) is 16.9 Å². The van der Waals surface area contributed by atoms with E-state index in [-0.39, 0.29) is 17.9 Å². The van der Waals surface area contributed by atoms with E-state index in [0.717, 1.165) is 27.6 Å². The first-order valence-corrected chi connectivity index (χ1v) is 8.98. The summed E-state index contributed by atoms with van der Waals surface area (Å²) in [5.74, 6) is 0.0733. The molecule has 3 rings (SSSR count). The van der Waals surface area contributed by atoms with Crippen molar-refractivity contribution in [3.05, 3.63) is 61.9 Å². The van der Waals surface area contributed by atoms with Gasteiger partial charge >= 0.3 is 0 Å². The number of rotatable bonds is 4. The molecule has 0 radical (unpaired) electrons. The molecule has 0 atom stereocenters. The van der Waals surface area contributed by atoms with Crippen LogP contribution in [0, 0.1) is 20.8 Å². The number of H-pyrrole nitrogens is 1. The third kappa shape index (κ3) is 3.11. The van der Waals surface area contributed by atoms with Crippen LogP contribution < -0.4 is 5.56 Å². The molecule has 136 valence electrons. The van der Waals surface area contributed by atoms with Crippen LogP contribution in [0.15, 0.2) is 29.1 Å². The number of phenolic OH excluding ortho intramolecular Hbond substituents is 1. The second-order valence-corrected chi connectivity index (χ2v) is 7.10. The average Bonchev–Trinajstić information content (AvgIpc) is 2.60. The van der Waals surface area contributed by atoms with Gasteiger partial charge in [-0.1, -0.05) is 11.6 Å². The molecule has 4 nitrogen and oxygen atoms in total. The maximum absolute atomic E-state index is 12.8. The molecule has 3 aromatic rings. The Balaban J connectivity index is 2.52. The number of aliphatic hydroxyl groups excluding tert-OH is 1. The quantitative estimate of drug-likeness (QED) is 0.636. The first-order valence-electron chi connectivity index (χ1n) is 8.60. The number of hydrogen-bond donors (Lipinski definition) is 3. The minimum Gasteiger partial charge on any atom is -0.507 e. The van der Waals surface area contributed by atoms with E-state index in [4.69, 9.17) is 11.6 Å². The number of hydrogen-bond acceptors (Lipinski definition) is 3. The second-order valence-electron chi connectivity index (χ2n) is 6.66. The molecule has 0 bridgehead atoms. The lowest BCUT2D eigenvalue weighted by atomic mass is 9.88. The van der Waals surface area contributed by atoms with Gasteiger partial charge in [0, 0.05) is 39.2 Å². The summed E-state index contributed by atoms with van der Waals surface area (Å²) in [5.41, 5.74) is 5.59. The molecule has 0 aliphatic carbocycles. The number of halogens is 1. The van der Waals surface area contributed by atoms with Gasteiger partial charge in [-0.25, -0.2) is 0 Å². The first-order chi connectivity index (χ1) is 12.3. The zero-order valence-corrected chi connectivity index (χ0v) is 15.9. The van der Waals surface area contributed by atoms with E-state index in [0.29, 0.717) is 34.6 Å². The van der Waals surface area contributed by atoms with Crippen LogP contribution in [-0.4, -0.2) is 21.8 Å². The average molecular weight is 372 g/mol. The highest BCUT2D eigenvalue weighted by Crippen LogP contribution is 2.39. The summed E-state index contributed by atoms with van der Waals surface area (Å²) < 4.78 is 0. The van der Waals surface area contributed by atoms with Crippen LogP contribution in [0.25, 0.3) is 22.0 Å². The number of aromatic nitrogens is 1. The van der Waals surface area contributed by atoms with Crippen molar-refractivity contribution >= 4 is 22.5 Å². The van der Waals surface area contributed by atoms with Crippen LogP contribution in [0.3, 0.4) is 0 Å². The van der Waals surface area contributed by atoms with Crippen molar-refractivity contribution < 1.29 is 10.2 Å². The molecule has 0 amide bonds. The van der Waals surface area contributed by atoms with Crippen molar-refractivity contribution in [3.63, 3.8) is 0 Å². The summed E-state index contributed by atoms with van der Waals surface area (Å²) in [7, 11) is 0. The van der Waals surface area contributed by atoms with Crippen LogP contribution in [0.2, 0.25) is 5.02 Å². The van der Waals surface area contributed by atoms with Gasteiger partial charge in [0.25, 0.3) is 5.56 Å². The van der Waals surface area contributed by atoms with Gasteiger partial charge in [0.05, 0.1) is 0 Å². The molecule has 0 saturated heterocycles. The molecule has 0 fully saturated rings. The van der Waals surface area contributed by atoms with Crippen LogP contribution in [0.4, 0.5) is 0 Å². The van der Waals surface area contributed by atoms with E-state index < -0.39 is 0 Å². The Bertz CT molecular complexity index is 1050. The minimum atomic E-state index is -0.206. The van der Waals surface area contributed by atoms with Crippen molar-refractivity contribution in [1.82, 2.24) is 4.98 Å². The normalized spacial score (nSPS) is 11.3. The number of aromatic hydroxyl groups is 1. The number of pyridine rings is 1. The largest absolute Gasteiger partial charge is 0.507 e. The molecule has 2 aromatic carbocycles. The van der Waals surface area contributed by atoms with E-state index in [1.54, 1.807) is 12.1 Å². The van der Waals surface area contributed by atoms with E-state index in [1.165, 1.54) is 6.07 Å². The van der Waals surface area contributed by atoms with E-state index >= 15 is 0 Å². The van der Waals surface area contributed by atoms with Gasteiger partial charge in [-0.2, -0.15) is 0 Å². The molecular weight excluding hydrogens is 350 g/mol. The van der Waals surface area contributed by atoms with Gasteiger partial charge in [0.2, 0.25) is 0 Å². The van der Waals surface area contributed by atoms with Gasteiger partial charge in [-0.3, -0.25) is 4.79 Å². The lowest BCUT2D eigenvalue weighted by Gasteiger charge is -2.18. The number of fused-ring (bicyclic) bond motifs is 1. The highest BCUT2D eigenvalue weighted by molar-refractivity contribution is 6.31. The van der Waals surface area contributed by atoms with E-state index in [1.807, 2.05) is 26.8 Å². The van der Waals surface area contributed by atoms with Crippen molar-refractivity contribution in [2.24, 2.45) is 0 Å². The lowest BCUT2D eigenvalue weighted by Crippen LogP contribution is -2.16. The van der Waals surface area contributed by atoms with Crippen LogP contribution >= 0.6 is 11.6 Å². The maximum atomic E-state index is 12.8. The summed E-state index contributed by atoms with van der Waals surface area (Å²) in [4.78, 5) is 15.8. The smallest absolute Gasteiger partial charge is 0.252 e. The monoisotopic (exact) mass is 371 g/mol. The van der Waals surface area contributed by atoms with Crippen molar-refractivity contribution in [1.29, 1.82) is 0 Å². The molecule has 0 spiro atoms. The van der Waals surface area contributed by atoms with Gasteiger partial charge in [0.1, 0.15) is 5.75 Å². The summed E-state index contributed by atoms with van der Waals surface area (Å²) in [6.07, 6.45) is 0.877. The Hall–Kier alpha value is -2.30. The summed E-state index contributed by atoms with van der Waals surface area (Å²) in [6.45, 7) is 6.06. The molecule has 0 saturated carbocycles. The highest BCUT2D eigenvalue weighted by Gasteiger charge is 2.20. The highest BCUT2D eigenvalue weighted by atomic mass is 35.5. The second kappa shape index (κ2) is 7.14. The van der Waals surface area contributed by atoms with Crippen molar-refractivity contribution in [2.75, 3.05) is 6.61 Å². The van der Waals surface area contributed by atoms with Crippen molar-refractivity contribution in [2.45, 2.75) is 33.6 Å². The Morgan fingerprint density at radius 1 is 1.12 bits per heavy atom. The zero-order chi connectivity index (χ0) is 19.0. The third-order valence-electron chi connectivity index (χ3n) is 5.05. The summed E-state index contributed by atoms with van der Waals surface area (Å²) >= 11 is 6.17. The topological polar surface area (TPSA) is 73.3 Å². The number of aromatic amines is 1. The zero-order valence-electron chi connectivity index (χ0n) is 15.1. The number of aliphatic hydroxyl groups is 1. The number of phenols is 1. The fourth-order valence-electron chi connectivity index (χ4n) is 3.47. The molecule has 26 heavy (non-hydrogen) atoms. The fourth-order valence-corrected chi connectivity index (χ4v) is 3.64. The fraction of sp³-hybridized carbons (Fsp3) is 0.286. The molecule has 0 aliphatic rings. The van der Waals surface area contributed by atoms with Gasteiger partial charge in [-0.05, 0) is 74.6 Å². The maximum Gasteiger partial charge on any atom is 0.252 e. The molecule has 0 aliphatic heterocycles. The van der Waals surface area contributed by atoms with E-state index in [2.05, 4.69) is 4.98 Å². The van der Waals surface area contributed by atoms with Gasteiger partial charge in [0.15, 0.2) is 0 Å². The Morgan fingerprint density at radius 2 is 1.85 bits per heavy atom. The number of aryl methyl sites for hydroxylation is 2. The standard InChI is InChI=1S/C21H22ClNO3/c1-11-9-17-19(13(3)12(11)2)20(15(5-4-8-24)21(26)23-17)16-10-14(22)6-7-18(16)25/h6-7,9-10,24-25H,4-5,8H2,1-3H3,(H,23,26). The minimum absolute atomic E-state index is 0.00957. The predicted molar refractivity (Wildman–Crippen MR) is 106 cm³/mol. The van der Waals surface area contributed by atoms with Gasteiger partial charge in [-0.15, -0.1) is 0 Å². The molecular formula is C21H22ClNO3. The SMILES string of the molecule is Cc1cc2[nH]c(=O)c(CCCO)c(-c3cc(Cl)ccc3O)c2c(C)c1C. The van der Waals surface area contributed by atoms with Crippen LogP contribution in [0.1, 0.15) is 28.7 Å². The first kappa shape index (κ1) is 18.5. The summed E-state index contributed by atoms with van der Waals surface area (Å²) in [5, 5.41) is 21.1. The molecule has 1 heterocycles. The Labute approximate surface area is 157 Å². The number of benzene rings is 2. The van der Waals surface area contributed by atoms with Crippen LogP contribution in [-0.2, 0) is 6.42 Å². The van der Waals surface area contributed by atoms with E-state index in [9.17, 15) is 15.0 Å². The lowest BCUT2D eigenvalue weighted by molar-refractivity contribution is 0.288. The molecule has 0 unspecified atom stereocenters. The third-order valence-corrected chi connectivity index (χ3v) is 5.28. The Morgan fingerprint density at radius 3 is 2.54 bits per heavy atom. The molecule has 1 aromatic heterocycles.